The van der Waals surface area contributed by atoms with Crippen molar-refractivity contribution in [2.45, 2.75) is 51.2 Å². The van der Waals surface area contributed by atoms with E-state index in [1.54, 1.807) is 0 Å². The number of hydrogen-bond acceptors (Lipinski definition) is 4. The van der Waals surface area contributed by atoms with Crippen LogP contribution in [0, 0.1) is 0 Å². The van der Waals surface area contributed by atoms with Gasteiger partial charge in [0.05, 0.1) is 0 Å². The molecule has 7 heteroatoms. The third-order valence-electron chi connectivity index (χ3n) is 4.03. The van der Waals surface area contributed by atoms with Crippen molar-refractivity contribution in [3.63, 3.8) is 0 Å². The maximum absolute atomic E-state index is 12.3. The molecular formula is C15H23F3N4. The molecule has 1 fully saturated rings. The highest BCUT2D eigenvalue weighted by molar-refractivity contribution is 5.25. The summed E-state index contributed by atoms with van der Waals surface area (Å²) in [4.78, 5) is 10.7. The van der Waals surface area contributed by atoms with Crippen LogP contribution in [0.5, 0.6) is 0 Å². The third kappa shape index (κ3) is 5.44. The smallest absolute Gasteiger partial charge is 0.353 e. The molecule has 1 unspecified atom stereocenters. The second-order valence-electron chi connectivity index (χ2n) is 5.65. The molecule has 1 atom stereocenters. The third-order valence-corrected chi connectivity index (χ3v) is 4.03. The highest BCUT2D eigenvalue weighted by atomic mass is 19.4. The predicted octanol–water partition coefficient (Wildman–Crippen LogP) is 3.26. The molecule has 1 N–H and O–H groups in total. The summed E-state index contributed by atoms with van der Waals surface area (Å²) in [6, 6.07) is 1.98. The van der Waals surface area contributed by atoms with E-state index in [0.29, 0.717) is 17.7 Å². The fraction of sp³-hybridized carbons (Fsp3) is 0.733. The number of hydrogen-bond donors (Lipinski definition) is 1. The zero-order chi connectivity index (χ0) is 16.0. The van der Waals surface area contributed by atoms with Crippen LogP contribution >= 0.6 is 0 Å². The van der Waals surface area contributed by atoms with Gasteiger partial charge in [-0.3, -0.25) is 4.90 Å². The van der Waals surface area contributed by atoms with Crippen LogP contribution in [0.4, 0.5) is 19.1 Å². The number of aromatic nitrogens is 2. The molecule has 1 aliphatic rings. The van der Waals surface area contributed by atoms with Crippen LogP contribution < -0.4 is 5.32 Å². The zero-order valence-electron chi connectivity index (χ0n) is 12.9. The van der Waals surface area contributed by atoms with Crippen molar-refractivity contribution in [3.05, 3.63) is 18.0 Å². The first-order valence-corrected chi connectivity index (χ1v) is 7.84. The SMILES string of the molecule is CCN1CCCCC1CNc1nccc(CCC(F)(F)F)n1. The Kier molecular flexibility index (Phi) is 5.99. The average molecular weight is 316 g/mol. The number of nitrogens with zero attached hydrogens (tertiary/aromatic N) is 3. The van der Waals surface area contributed by atoms with Crippen LogP contribution in [-0.2, 0) is 6.42 Å². The number of aryl methyl sites for hydroxylation is 1. The number of alkyl halides is 3. The zero-order valence-corrected chi connectivity index (χ0v) is 12.9. The highest BCUT2D eigenvalue weighted by Gasteiger charge is 2.26. The van der Waals surface area contributed by atoms with Gasteiger partial charge in [-0.15, -0.1) is 0 Å². The van der Waals surface area contributed by atoms with Gasteiger partial charge in [0.2, 0.25) is 5.95 Å². The van der Waals surface area contributed by atoms with E-state index in [1.165, 1.54) is 25.1 Å². The fourth-order valence-electron chi connectivity index (χ4n) is 2.81. The normalized spacial score (nSPS) is 20.1. The Hall–Kier alpha value is -1.37. The van der Waals surface area contributed by atoms with Crippen LogP contribution in [0.2, 0.25) is 0 Å². The van der Waals surface area contributed by atoms with Crippen LogP contribution in [0.3, 0.4) is 0 Å². The Labute approximate surface area is 129 Å². The fourth-order valence-corrected chi connectivity index (χ4v) is 2.81. The molecule has 0 radical (unpaired) electrons. The van der Waals surface area contributed by atoms with E-state index in [9.17, 15) is 13.2 Å². The Bertz CT molecular complexity index is 464. The first-order chi connectivity index (χ1) is 10.5. The molecule has 0 saturated carbocycles. The van der Waals surface area contributed by atoms with Crippen LogP contribution in [0.1, 0.15) is 38.3 Å². The summed E-state index contributed by atoms with van der Waals surface area (Å²) >= 11 is 0. The summed E-state index contributed by atoms with van der Waals surface area (Å²) in [6.45, 7) is 5.00. The molecule has 0 amide bonds. The number of likely N-dealkylation sites (tertiary alicyclic amines) is 1. The van der Waals surface area contributed by atoms with E-state index in [-0.39, 0.29) is 6.42 Å². The second-order valence-corrected chi connectivity index (χ2v) is 5.65. The molecule has 1 aromatic rings. The van der Waals surface area contributed by atoms with Gasteiger partial charge >= 0.3 is 6.18 Å². The number of likely N-dealkylation sites (N-methyl/N-ethyl adjacent to an activating group) is 1. The Balaban J connectivity index is 1.87. The van der Waals surface area contributed by atoms with E-state index >= 15 is 0 Å². The summed E-state index contributed by atoms with van der Waals surface area (Å²) in [6.07, 6.45) is -0.0135. The number of halogens is 3. The lowest BCUT2D eigenvalue weighted by Gasteiger charge is -2.34. The first kappa shape index (κ1) is 17.0. The minimum Gasteiger partial charge on any atom is -0.353 e. The molecule has 2 heterocycles. The maximum atomic E-state index is 12.3. The standard InChI is InChI=1S/C15H23F3N4/c1-2-22-10-4-3-5-13(22)11-20-14-19-9-7-12(21-14)6-8-15(16,17)18/h7,9,13H,2-6,8,10-11H2,1H3,(H,19,20,21). The van der Waals surface area contributed by atoms with Crippen molar-refractivity contribution in [3.8, 4) is 0 Å². The average Bonchev–Trinajstić information content (AvgIpc) is 2.51. The molecule has 0 spiro atoms. The van der Waals surface area contributed by atoms with E-state index in [0.717, 1.165) is 26.1 Å². The van der Waals surface area contributed by atoms with Crippen LogP contribution in [-0.4, -0.2) is 46.7 Å². The van der Waals surface area contributed by atoms with E-state index in [1.807, 2.05) is 0 Å². The molecule has 1 saturated heterocycles. The lowest BCUT2D eigenvalue weighted by Crippen LogP contribution is -2.43. The molecule has 2 rings (SSSR count). The van der Waals surface area contributed by atoms with E-state index < -0.39 is 12.6 Å². The number of rotatable bonds is 6. The van der Waals surface area contributed by atoms with Gasteiger partial charge in [-0.05, 0) is 38.4 Å². The molecule has 1 aliphatic heterocycles. The number of anilines is 1. The van der Waals surface area contributed by atoms with Gasteiger partial charge in [0.15, 0.2) is 0 Å². The predicted molar refractivity (Wildman–Crippen MR) is 79.8 cm³/mol. The lowest BCUT2D eigenvalue weighted by molar-refractivity contribution is -0.134. The van der Waals surface area contributed by atoms with Crippen LogP contribution in [0.15, 0.2) is 12.3 Å². The molecule has 0 aromatic carbocycles. The van der Waals surface area contributed by atoms with Gasteiger partial charge in [-0.2, -0.15) is 13.2 Å². The monoisotopic (exact) mass is 316 g/mol. The quantitative estimate of drug-likeness (QED) is 0.874. The summed E-state index contributed by atoms with van der Waals surface area (Å²) in [5.41, 5.74) is 0.422. The van der Waals surface area contributed by atoms with Gasteiger partial charge in [-0.1, -0.05) is 13.3 Å². The van der Waals surface area contributed by atoms with Crippen molar-refractivity contribution in [1.29, 1.82) is 0 Å². The molecule has 4 nitrogen and oxygen atoms in total. The molecule has 0 aliphatic carbocycles. The number of nitrogens with one attached hydrogen (secondary N) is 1. The van der Waals surface area contributed by atoms with E-state index in [4.69, 9.17) is 0 Å². The molecular weight excluding hydrogens is 293 g/mol. The first-order valence-electron chi connectivity index (χ1n) is 7.84. The van der Waals surface area contributed by atoms with Gasteiger partial charge in [0, 0.05) is 30.9 Å². The van der Waals surface area contributed by atoms with Gasteiger partial charge in [0.25, 0.3) is 0 Å². The summed E-state index contributed by atoms with van der Waals surface area (Å²) in [5, 5.41) is 3.17. The van der Waals surface area contributed by atoms with Crippen molar-refractivity contribution >= 4 is 5.95 Å². The van der Waals surface area contributed by atoms with Crippen molar-refractivity contribution < 1.29 is 13.2 Å². The van der Waals surface area contributed by atoms with Crippen molar-refractivity contribution in [2.24, 2.45) is 0 Å². The Morgan fingerprint density at radius 2 is 2.18 bits per heavy atom. The minimum atomic E-state index is -4.15. The lowest BCUT2D eigenvalue weighted by atomic mass is 10.0. The molecule has 1 aromatic heterocycles. The van der Waals surface area contributed by atoms with Gasteiger partial charge in [-0.25, -0.2) is 9.97 Å². The highest BCUT2D eigenvalue weighted by Crippen LogP contribution is 2.21. The summed E-state index contributed by atoms with van der Waals surface area (Å²) < 4.78 is 36.8. The molecule has 0 bridgehead atoms. The van der Waals surface area contributed by atoms with Gasteiger partial charge in [0.1, 0.15) is 0 Å². The molecule has 124 valence electrons. The van der Waals surface area contributed by atoms with Crippen LogP contribution in [0.25, 0.3) is 0 Å². The second kappa shape index (κ2) is 7.76. The van der Waals surface area contributed by atoms with Crippen molar-refractivity contribution in [1.82, 2.24) is 14.9 Å². The molecule has 22 heavy (non-hydrogen) atoms. The number of piperidine rings is 1. The van der Waals surface area contributed by atoms with Crippen molar-refractivity contribution in [2.75, 3.05) is 25.0 Å². The Morgan fingerprint density at radius 3 is 2.91 bits per heavy atom. The summed E-state index contributed by atoms with van der Waals surface area (Å²) in [7, 11) is 0. The Morgan fingerprint density at radius 1 is 1.36 bits per heavy atom. The maximum Gasteiger partial charge on any atom is 0.389 e. The van der Waals surface area contributed by atoms with Gasteiger partial charge < -0.3 is 5.32 Å². The summed E-state index contributed by atoms with van der Waals surface area (Å²) in [5.74, 6) is 0.418. The van der Waals surface area contributed by atoms with E-state index in [2.05, 4.69) is 27.1 Å². The largest absolute Gasteiger partial charge is 0.389 e. The topological polar surface area (TPSA) is 41.0 Å². The minimum absolute atomic E-state index is 0.106.